The van der Waals surface area contributed by atoms with Gasteiger partial charge in [-0.1, -0.05) is 11.6 Å². The highest BCUT2D eigenvalue weighted by Crippen LogP contribution is 2.69. The zero-order valence-corrected chi connectivity index (χ0v) is 16.1. The Morgan fingerprint density at radius 2 is 2.04 bits per heavy atom. The summed E-state index contributed by atoms with van der Waals surface area (Å²) < 4.78 is 18.7. The first-order chi connectivity index (χ1) is 13.3. The SMILES string of the molecule is Cc1cncc(C(=O)CC23CC(NC(=O)COc4ccc(Cl)c(F)c4)(C2)C3)n1. The molecule has 0 atom stereocenters. The highest BCUT2D eigenvalue weighted by molar-refractivity contribution is 6.30. The number of ether oxygens (including phenoxy) is 1. The molecule has 0 spiro atoms. The number of halogens is 2. The quantitative estimate of drug-likeness (QED) is 0.717. The molecule has 1 amide bonds. The number of hydrogen-bond donors (Lipinski definition) is 1. The van der Waals surface area contributed by atoms with Gasteiger partial charge in [-0.3, -0.25) is 14.6 Å². The Balaban J connectivity index is 1.24. The fourth-order valence-electron chi connectivity index (χ4n) is 4.39. The number of rotatable bonds is 7. The van der Waals surface area contributed by atoms with Crippen molar-refractivity contribution in [2.75, 3.05) is 6.61 Å². The zero-order valence-electron chi connectivity index (χ0n) is 15.3. The normalized spacial score (nSPS) is 24.7. The van der Waals surface area contributed by atoms with Crippen molar-refractivity contribution in [2.45, 2.75) is 38.1 Å². The number of Topliss-reactive ketones (excluding diaryl/α,β-unsaturated/α-hetero) is 1. The lowest BCUT2D eigenvalue weighted by Crippen LogP contribution is -2.75. The van der Waals surface area contributed by atoms with E-state index < -0.39 is 5.82 Å². The van der Waals surface area contributed by atoms with Crippen LogP contribution in [0, 0.1) is 18.2 Å². The van der Waals surface area contributed by atoms with Crippen LogP contribution >= 0.6 is 11.6 Å². The lowest BCUT2D eigenvalue weighted by Gasteiger charge is -2.70. The molecule has 28 heavy (non-hydrogen) atoms. The molecule has 1 aromatic carbocycles. The second kappa shape index (κ2) is 6.81. The molecule has 3 aliphatic rings. The number of amides is 1. The summed E-state index contributed by atoms with van der Waals surface area (Å²) in [4.78, 5) is 32.8. The van der Waals surface area contributed by atoms with Crippen molar-refractivity contribution in [1.29, 1.82) is 0 Å². The lowest BCUT2D eigenvalue weighted by atomic mass is 9.38. The van der Waals surface area contributed by atoms with E-state index in [-0.39, 0.29) is 40.0 Å². The van der Waals surface area contributed by atoms with Crippen molar-refractivity contribution in [2.24, 2.45) is 5.41 Å². The molecule has 5 rings (SSSR count). The average molecular weight is 404 g/mol. The van der Waals surface area contributed by atoms with Gasteiger partial charge in [-0.2, -0.15) is 0 Å². The van der Waals surface area contributed by atoms with Crippen LogP contribution in [0.1, 0.15) is 41.9 Å². The molecule has 1 N–H and O–H groups in total. The third-order valence-corrected chi connectivity index (χ3v) is 5.69. The van der Waals surface area contributed by atoms with Crippen LogP contribution in [0.4, 0.5) is 4.39 Å². The first kappa shape index (κ1) is 18.8. The van der Waals surface area contributed by atoms with E-state index in [9.17, 15) is 14.0 Å². The average Bonchev–Trinajstić information content (AvgIpc) is 2.59. The van der Waals surface area contributed by atoms with Crippen LogP contribution in [0.3, 0.4) is 0 Å². The predicted molar refractivity (Wildman–Crippen MR) is 99.8 cm³/mol. The van der Waals surface area contributed by atoms with E-state index in [2.05, 4.69) is 15.3 Å². The lowest BCUT2D eigenvalue weighted by molar-refractivity contribution is -0.164. The maximum atomic E-state index is 13.4. The van der Waals surface area contributed by atoms with E-state index >= 15 is 0 Å². The van der Waals surface area contributed by atoms with Gasteiger partial charge in [0.05, 0.1) is 16.9 Å². The molecule has 0 unspecified atom stereocenters. The maximum Gasteiger partial charge on any atom is 0.258 e. The summed E-state index contributed by atoms with van der Waals surface area (Å²) in [6, 6.07) is 4.03. The standard InChI is InChI=1S/C20H19ClFN3O3/c1-12-6-23-7-16(24-12)17(26)5-19-9-20(10-19,11-19)25-18(27)8-28-13-2-3-14(21)15(22)4-13/h2-4,6-7H,5,8-11H2,1H3,(H,25,27). The molecule has 6 nitrogen and oxygen atoms in total. The first-order valence-electron chi connectivity index (χ1n) is 8.99. The number of benzene rings is 1. The highest BCUT2D eigenvalue weighted by atomic mass is 35.5. The molecule has 0 aliphatic heterocycles. The van der Waals surface area contributed by atoms with Crippen LogP contribution in [0.25, 0.3) is 0 Å². The second-order valence-electron chi connectivity index (χ2n) is 7.87. The molecule has 2 aromatic rings. The molecule has 0 saturated heterocycles. The number of hydrogen-bond acceptors (Lipinski definition) is 5. The fraction of sp³-hybridized carbons (Fsp3) is 0.400. The monoisotopic (exact) mass is 403 g/mol. The number of nitrogens with zero attached hydrogens (tertiary/aromatic N) is 2. The fourth-order valence-corrected chi connectivity index (χ4v) is 4.51. The predicted octanol–water partition coefficient (Wildman–Crippen LogP) is 3.27. The molecule has 0 radical (unpaired) electrons. The van der Waals surface area contributed by atoms with Crippen molar-refractivity contribution in [1.82, 2.24) is 15.3 Å². The van der Waals surface area contributed by atoms with Crippen LogP contribution in [0.2, 0.25) is 5.02 Å². The molecule has 3 aliphatic carbocycles. The molecular weight excluding hydrogens is 385 g/mol. The minimum absolute atomic E-state index is 0.00200. The minimum Gasteiger partial charge on any atom is -0.484 e. The third-order valence-electron chi connectivity index (χ3n) is 5.38. The van der Waals surface area contributed by atoms with E-state index in [1.165, 1.54) is 18.3 Å². The Bertz CT molecular complexity index is 946. The van der Waals surface area contributed by atoms with Gasteiger partial charge in [-0.05, 0) is 43.7 Å². The summed E-state index contributed by atoms with van der Waals surface area (Å²) in [5.41, 5.74) is 0.819. The second-order valence-corrected chi connectivity index (χ2v) is 8.28. The molecule has 8 heteroatoms. The van der Waals surface area contributed by atoms with E-state index in [1.807, 2.05) is 0 Å². The van der Waals surface area contributed by atoms with E-state index in [0.29, 0.717) is 17.8 Å². The zero-order chi connectivity index (χ0) is 19.9. The van der Waals surface area contributed by atoms with Gasteiger partial charge in [-0.15, -0.1) is 0 Å². The molecule has 146 valence electrons. The maximum absolute atomic E-state index is 13.4. The molecular formula is C20H19ClFN3O3. The van der Waals surface area contributed by atoms with Gasteiger partial charge in [0.1, 0.15) is 17.3 Å². The first-order valence-corrected chi connectivity index (χ1v) is 9.37. The molecule has 2 bridgehead atoms. The topological polar surface area (TPSA) is 81.2 Å². The van der Waals surface area contributed by atoms with E-state index in [4.69, 9.17) is 16.3 Å². The Morgan fingerprint density at radius 1 is 1.29 bits per heavy atom. The number of aryl methyl sites for hydroxylation is 1. The van der Waals surface area contributed by atoms with Crippen LogP contribution in [0.15, 0.2) is 30.6 Å². The number of aromatic nitrogens is 2. The minimum atomic E-state index is -0.594. The summed E-state index contributed by atoms with van der Waals surface area (Å²) >= 11 is 5.62. The van der Waals surface area contributed by atoms with Gasteiger partial charge < -0.3 is 10.1 Å². The Kier molecular flexibility index (Phi) is 4.57. The summed E-state index contributed by atoms with van der Waals surface area (Å²) in [6.07, 6.45) is 5.84. The number of ketones is 1. The molecule has 3 fully saturated rings. The van der Waals surface area contributed by atoms with Crippen LogP contribution < -0.4 is 10.1 Å². The number of carbonyl (C=O) groups is 2. The summed E-state index contributed by atoms with van der Waals surface area (Å²) in [5.74, 6) is -0.622. The number of carbonyl (C=O) groups excluding carboxylic acids is 2. The van der Waals surface area contributed by atoms with Gasteiger partial charge in [-0.25, -0.2) is 9.37 Å². The Labute approximate surface area is 166 Å². The summed E-state index contributed by atoms with van der Waals surface area (Å²) in [5, 5.41) is 2.98. The molecule has 1 heterocycles. The third kappa shape index (κ3) is 3.58. The van der Waals surface area contributed by atoms with Crippen LogP contribution in [-0.2, 0) is 4.79 Å². The smallest absolute Gasteiger partial charge is 0.258 e. The van der Waals surface area contributed by atoms with E-state index in [1.54, 1.807) is 13.1 Å². The van der Waals surface area contributed by atoms with Gasteiger partial charge in [0.15, 0.2) is 12.4 Å². The van der Waals surface area contributed by atoms with Crippen molar-refractivity contribution in [3.05, 3.63) is 52.8 Å². The highest BCUT2D eigenvalue weighted by Gasteiger charge is 2.68. The van der Waals surface area contributed by atoms with E-state index in [0.717, 1.165) is 25.3 Å². The largest absolute Gasteiger partial charge is 0.484 e. The van der Waals surface area contributed by atoms with Crippen molar-refractivity contribution < 1.29 is 18.7 Å². The Morgan fingerprint density at radius 3 is 2.71 bits per heavy atom. The molecule has 3 saturated carbocycles. The van der Waals surface area contributed by atoms with Gasteiger partial charge in [0.2, 0.25) is 0 Å². The van der Waals surface area contributed by atoms with Crippen molar-refractivity contribution in [3.63, 3.8) is 0 Å². The van der Waals surface area contributed by atoms with Gasteiger partial charge in [0, 0.05) is 24.2 Å². The summed E-state index contributed by atoms with van der Waals surface area (Å²) in [6.45, 7) is 1.60. The summed E-state index contributed by atoms with van der Waals surface area (Å²) in [7, 11) is 0. The Hall–Kier alpha value is -2.54. The molecule has 1 aromatic heterocycles. The number of nitrogens with one attached hydrogen (secondary N) is 1. The van der Waals surface area contributed by atoms with Crippen molar-refractivity contribution >= 4 is 23.3 Å². The van der Waals surface area contributed by atoms with Gasteiger partial charge in [0.25, 0.3) is 5.91 Å². The van der Waals surface area contributed by atoms with Crippen LogP contribution in [-0.4, -0.2) is 33.8 Å². The van der Waals surface area contributed by atoms with Crippen molar-refractivity contribution in [3.8, 4) is 5.75 Å². The van der Waals surface area contributed by atoms with Gasteiger partial charge >= 0.3 is 0 Å². The van der Waals surface area contributed by atoms with Crippen LogP contribution in [0.5, 0.6) is 5.75 Å².